The molecule has 1 amide bonds. The van der Waals surface area contributed by atoms with E-state index in [-0.39, 0.29) is 18.3 Å². The molecule has 7 heteroatoms. The summed E-state index contributed by atoms with van der Waals surface area (Å²) >= 11 is 0. The molecule has 0 atom stereocenters. The van der Waals surface area contributed by atoms with Crippen molar-refractivity contribution in [3.05, 3.63) is 95.7 Å². The Morgan fingerprint density at radius 2 is 1.89 bits per heavy atom. The Hall–Kier alpha value is -3.74. The van der Waals surface area contributed by atoms with Crippen LogP contribution in [-0.2, 0) is 13.2 Å². The Labute approximate surface area is 160 Å². The van der Waals surface area contributed by atoms with Crippen LogP contribution in [0.5, 0.6) is 5.75 Å². The van der Waals surface area contributed by atoms with Crippen LogP contribution in [0.3, 0.4) is 0 Å². The predicted molar refractivity (Wildman–Crippen MR) is 101 cm³/mol. The van der Waals surface area contributed by atoms with E-state index in [0.717, 1.165) is 5.56 Å². The van der Waals surface area contributed by atoms with Crippen molar-refractivity contribution in [1.29, 1.82) is 0 Å². The summed E-state index contributed by atoms with van der Waals surface area (Å²) < 4.78 is 20.8. The van der Waals surface area contributed by atoms with Crippen LogP contribution in [0.1, 0.15) is 21.6 Å². The van der Waals surface area contributed by atoms with Gasteiger partial charge in [-0.15, -0.1) is 0 Å². The molecule has 2 aromatic heterocycles. The minimum absolute atomic E-state index is 0.157. The zero-order chi connectivity index (χ0) is 19.3. The first-order valence-corrected chi connectivity index (χ1v) is 8.73. The first-order chi connectivity index (χ1) is 13.7. The average molecular weight is 376 g/mol. The van der Waals surface area contributed by atoms with Gasteiger partial charge in [-0.1, -0.05) is 30.3 Å². The van der Waals surface area contributed by atoms with Crippen LogP contribution in [0.4, 0.5) is 4.39 Å². The fraction of sp³-hybridized carbons (Fsp3) is 0.0952. The number of halogens is 1. The summed E-state index contributed by atoms with van der Waals surface area (Å²) in [6.07, 6.45) is 3.22. The summed E-state index contributed by atoms with van der Waals surface area (Å²) in [6.45, 7) is 0.512. The fourth-order valence-electron chi connectivity index (χ4n) is 2.69. The molecule has 4 rings (SSSR count). The van der Waals surface area contributed by atoms with E-state index >= 15 is 0 Å². The molecule has 0 radical (unpaired) electrons. The minimum Gasteiger partial charge on any atom is -0.489 e. The SMILES string of the molecule is O=C(NCc1ccc(OCc2ccccc2F)cc1)c1cn2ncccc2n1. The van der Waals surface area contributed by atoms with E-state index in [2.05, 4.69) is 15.4 Å². The highest BCUT2D eigenvalue weighted by Gasteiger charge is 2.10. The highest BCUT2D eigenvalue weighted by Crippen LogP contribution is 2.15. The van der Waals surface area contributed by atoms with Gasteiger partial charge < -0.3 is 10.1 Å². The number of carbonyl (C=O) groups is 1. The molecule has 2 aromatic carbocycles. The molecule has 0 saturated heterocycles. The molecule has 4 aromatic rings. The summed E-state index contributed by atoms with van der Waals surface area (Å²) in [7, 11) is 0. The maximum atomic E-state index is 13.6. The van der Waals surface area contributed by atoms with Crippen LogP contribution in [0.15, 0.2) is 73.1 Å². The Morgan fingerprint density at radius 1 is 1.07 bits per heavy atom. The molecule has 0 aliphatic carbocycles. The quantitative estimate of drug-likeness (QED) is 0.560. The van der Waals surface area contributed by atoms with Crippen LogP contribution in [-0.4, -0.2) is 20.5 Å². The maximum Gasteiger partial charge on any atom is 0.271 e. The molecule has 0 bridgehead atoms. The van der Waals surface area contributed by atoms with Gasteiger partial charge in [0.25, 0.3) is 5.91 Å². The minimum atomic E-state index is -0.288. The van der Waals surface area contributed by atoms with E-state index in [4.69, 9.17) is 4.74 Å². The topological polar surface area (TPSA) is 68.5 Å². The second-order valence-corrected chi connectivity index (χ2v) is 6.16. The number of benzene rings is 2. The number of nitrogens with zero attached hydrogens (tertiary/aromatic N) is 3. The van der Waals surface area contributed by atoms with Gasteiger partial charge in [-0.3, -0.25) is 4.79 Å². The van der Waals surface area contributed by atoms with Crippen LogP contribution >= 0.6 is 0 Å². The zero-order valence-corrected chi connectivity index (χ0v) is 14.9. The number of aromatic nitrogens is 3. The average Bonchev–Trinajstić information content (AvgIpc) is 3.17. The number of nitrogens with one attached hydrogen (secondary N) is 1. The standard InChI is InChI=1S/C21H17FN4O2/c22-18-5-2-1-4-16(18)14-28-17-9-7-15(8-10-17)12-23-21(27)19-13-26-20(25-19)6-3-11-24-26/h1-11,13H,12,14H2,(H,23,27). The van der Waals surface area contributed by atoms with E-state index in [9.17, 15) is 9.18 Å². The number of rotatable bonds is 6. The Balaban J connectivity index is 1.33. The number of amides is 1. The van der Waals surface area contributed by atoms with Gasteiger partial charge in [0.15, 0.2) is 5.65 Å². The Bertz CT molecular complexity index is 1080. The molecule has 2 heterocycles. The van der Waals surface area contributed by atoms with Gasteiger partial charge in [0, 0.05) is 18.3 Å². The van der Waals surface area contributed by atoms with Crippen molar-refractivity contribution >= 4 is 11.6 Å². The molecule has 0 aliphatic rings. The molecule has 140 valence electrons. The van der Waals surface area contributed by atoms with E-state index in [1.165, 1.54) is 6.07 Å². The Morgan fingerprint density at radius 3 is 2.68 bits per heavy atom. The van der Waals surface area contributed by atoms with Crippen molar-refractivity contribution in [2.75, 3.05) is 0 Å². The number of hydrogen-bond donors (Lipinski definition) is 1. The number of hydrogen-bond acceptors (Lipinski definition) is 4. The van der Waals surface area contributed by atoms with E-state index in [1.807, 2.05) is 12.1 Å². The lowest BCUT2D eigenvalue weighted by molar-refractivity contribution is 0.0946. The monoisotopic (exact) mass is 376 g/mol. The Kier molecular flexibility index (Phi) is 4.97. The van der Waals surface area contributed by atoms with E-state index in [0.29, 0.717) is 29.2 Å². The van der Waals surface area contributed by atoms with Crippen molar-refractivity contribution < 1.29 is 13.9 Å². The van der Waals surface area contributed by atoms with Crippen molar-refractivity contribution in [2.24, 2.45) is 0 Å². The molecule has 0 spiro atoms. The number of imidazole rings is 1. The van der Waals surface area contributed by atoms with Gasteiger partial charge in [-0.25, -0.2) is 13.9 Å². The van der Waals surface area contributed by atoms with Gasteiger partial charge in [-0.05, 0) is 35.9 Å². The molecule has 0 fully saturated rings. The molecule has 0 unspecified atom stereocenters. The van der Waals surface area contributed by atoms with E-state index in [1.54, 1.807) is 59.4 Å². The third-order valence-corrected chi connectivity index (χ3v) is 4.20. The van der Waals surface area contributed by atoms with Gasteiger partial charge in [0.05, 0.1) is 6.20 Å². The smallest absolute Gasteiger partial charge is 0.271 e. The number of carbonyl (C=O) groups excluding carboxylic acids is 1. The van der Waals surface area contributed by atoms with Crippen molar-refractivity contribution in [3.8, 4) is 5.75 Å². The lowest BCUT2D eigenvalue weighted by Gasteiger charge is -2.08. The summed E-state index contributed by atoms with van der Waals surface area (Å²) in [5.41, 5.74) is 2.34. The van der Waals surface area contributed by atoms with Crippen molar-refractivity contribution in [3.63, 3.8) is 0 Å². The first-order valence-electron chi connectivity index (χ1n) is 8.73. The highest BCUT2D eigenvalue weighted by atomic mass is 19.1. The molecule has 0 aliphatic heterocycles. The molecule has 6 nitrogen and oxygen atoms in total. The second-order valence-electron chi connectivity index (χ2n) is 6.16. The zero-order valence-electron chi connectivity index (χ0n) is 14.9. The van der Waals surface area contributed by atoms with Gasteiger partial charge in [-0.2, -0.15) is 5.10 Å². The van der Waals surface area contributed by atoms with Crippen molar-refractivity contribution in [2.45, 2.75) is 13.2 Å². The van der Waals surface area contributed by atoms with Crippen LogP contribution in [0.2, 0.25) is 0 Å². The summed E-state index contributed by atoms with van der Waals surface area (Å²) in [4.78, 5) is 16.5. The van der Waals surface area contributed by atoms with Gasteiger partial charge >= 0.3 is 0 Å². The number of fused-ring (bicyclic) bond motifs is 1. The third-order valence-electron chi connectivity index (χ3n) is 4.20. The summed E-state index contributed by atoms with van der Waals surface area (Å²) in [6, 6.07) is 17.3. The van der Waals surface area contributed by atoms with Crippen LogP contribution < -0.4 is 10.1 Å². The summed E-state index contributed by atoms with van der Waals surface area (Å²) in [5, 5.41) is 6.92. The van der Waals surface area contributed by atoms with Crippen LogP contribution in [0.25, 0.3) is 5.65 Å². The van der Waals surface area contributed by atoms with Gasteiger partial charge in [0.2, 0.25) is 0 Å². The maximum absolute atomic E-state index is 13.6. The molecule has 28 heavy (non-hydrogen) atoms. The van der Waals surface area contributed by atoms with Crippen molar-refractivity contribution in [1.82, 2.24) is 19.9 Å². The first kappa shape index (κ1) is 17.7. The van der Waals surface area contributed by atoms with E-state index < -0.39 is 0 Å². The number of ether oxygens (including phenoxy) is 1. The third kappa shape index (κ3) is 3.98. The van der Waals surface area contributed by atoms with Crippen LogP contribution in [0, 0.1) is 5.82 Å². The fourth-order valence-corrected chi connectivity index (χ4v) is 2.69. The molecule has 1 N–H and O–H groups in total. The van der Waals surface area contributed by atoms with Gasteiger partial charge in [0.1, 0.15) is 23.9 Å². The molecule has 0 saturated carbocycles. The predicted octanol–water partition coefficient (Wildman–Crippen LogP) is 3.38. The lowest BCUT2D eigenvalue weighted by atomic mass is 10.2. The second kappa shape index (κ2) is 7.87. The molecular weight excluding hydrogens is 359 g/mol. The highest BCUT2D eigenvalue weighted by molar-refractivity contribution is 5.92. The largest absolute Gasteiger partial charge is 0.489 e. The summed E-state index contributed by atoms with van der Waals surface area (Å²) in [5.74, 6) is 0.0686. The lowest BCUT2D eigenvalue weighted by Crippen LogP contribution is -2.23. The molecular formula is C21H17FN4O2. The normalized spacial score (nSPS) is 10.8.